The van der Waals surface area contributed by atoms with Gasteiger partial charge >= 0.3 is 6.03 Å². The fourth-order valence-electron chi connectivity index (χ4n) is 3.88. The second kappa shape index (κ2) is 9.29. The van der Waals surface area contributed by atoms with Gasteiger partial charge in [-0.15, -0.1) is 0 Å². The molecule has 0 spiro atoms. The Morgan fingerprint density at radius 3 is 2.48 bits per heavy atom. The van der Waals surface area contributed by atoms with Crippen LogP contribution in [-0.4, -0.2) is 60.6 Å². The van der Waals surface area contributed by atoms with Crippen molar-refractivity contribution in [2.75, 3.05) is 36.5 Å². The smallest absolute Gasteiger partial charge is 0.308 e. The van der Waals surface area contributed by atoms with Gasteiger partial charge in [0.05, 0.1) is 11.9 Å². The molecular formula is C21H28FN5O3S. The first-order valence-corrected chi connectivity index (χ1v) is 11.9. The van der Waals surface area contributed by atoms with Crippen LogP contribution in [0.5, 0.6) is 0 Å². The average molecular weight is 450 g/mol. The molecule has 3 rings (SSSR count). The van der Waals surface area contributed by atoms with Crippen molar-refractivity contribution < 1.29 is 17.6 Å². The van der Waals surface area contributed by atoms with E-state index in [1.807, 2.05) is 25.7 Å². The van der Waals surface area contributed by atoms with Crippen molar-refractivity contribution in [3.63, 3.8) is 0 Å². The maximum atomic E-state index is 15.0. The molecular weight excluding hydrogens is 421 g/mol. The van der Waals surface area contributed by atoms with Gasteiger partial charge in [-0.05, 0) is 39.0 Å². The zero-order valence-electron chi connectivity index (χ0n) is 18.1. The van der Waals surface area contributed by atoms with Crippen LogP contribution in [0.4, 0.5) is 20.6 Å². The predicted octanol–water partition coefficient (Wildman–Crippen LogP) is 2.95. The lowest BCUT2D eigenvalue weighted by atomic mass is 10.1. The molecule has 1 aliphatic heterocycles. The molecule has 1 fully saturated rings. The van der Waals surface area contributed by atoms with Gasteiger partial charge in [-0.2, -0.15) is 4.31 Å². The van der Waals surface area contributed by atoms with Crippen LogP contribution in [0.1, 0.15) is 23.9 Å². The van der Waals surface area contributed by atoms with Crippen molar-refractivity contribution >= 4 is 27.4 Å². The summed E-state index contributed by atoms with van der Waals surface area (Å²) >= 11 is 0. The van der Waals surface area contributed by atoms with Crippen LogP contribution in [-0.2, 0) is 16.6 Å². The summed E-state index contributed by atoms with van der Waals surface area (Å²) in [6.07, 6.45) is 1.20. The van der Waals surface area contributed by atoms with Gasteiger partial charge < -0.3 is 10.6 Å². The third-order valence-corrected chi connectivity index (χ3v) is 6.53. The van der Waals surface area contributed by atoms with E-state index >= 15 is 4.39 Å². The number of piperazine rings is 1. The summed E-state index contributed by atoms with van der Waals surface area (Å²) in [5, 5.41) is 5.25. The van der Waals surface area contributed by atoms with E-state index in [-0.39, 0.29) is 11.7 Å². The molecule has 8 nitrogen and oxygen atoms in total. The highest BCUT2D eigenvalue weighted by Gasteiger charge is 2.30. The number of anilines is 2. The first kappa shape index (κ1) is 23.1. The van der Waals surface area contributed by atoms with E-state index in [0.717, 1.165) is 11.4 Å². The molecule has 0 bridgehead atoms. The molecule has 0 saturated carbocycles. The first-order chi connectivity index (χ1) is 14.5. The fourth-order valence-corrected chi connectivity index (χ4v) is 5.02. The van der Waals surface area contributed by atoms with Crippen LogP contribution >= 0.6 is 0 Å². The van der Waals surface area contributed by atoms with E-state index in [4.69, 9.17) is 0 Å². The van der Waals surface area contributed by atoms with Crippen molar-refractivity contribution in [1.82, 2.24) is 14.2 Å². The quantitative estimate of drug-likeness (QED) is 0.732. The number of hydrogen-bond acceptors (Lipinski definition) is 5. The van der Waals surface area contributed by atoms with Crippen molar-refractivity contribution in [3.05, 3.63) is 53.1 Å². The van der Waals surface area contributed by atoms with E-state index in [9.17, 15) is 13.2 Å². The Kier molecular flexibility index (Phi) is 6.93. The van der Waals surface area contributed by atoms with Crippen molar-refractivity contribution in [2.24, 2.45) is 0 Å². The Labute approximate surface area is 182 Å². The molecule has 2 aromatic rings. The minimum absolute atomic E-state index is 0.0836. The third kappa shape index (κ3) is 5.99. The number of rotatable bonds is 5. The average Bonchev–Trinajstić information content (AvgIpc) is 2.63. The maximum absolute atomic E-state index is 15.0. The highest BCUT2D eigenvalue weighted by Crippen LogP contribution is 2.22. The van der Waals surface area contributed by atoms with Crippen molar-refractivity contribution in [3.8, 4) is 0 Å². The number of amides is 2. The number of hydrogen-bond donors (Lipinski definition) is 2. The largest absolute Gasteiger partial charge is 0.323 e. The predicted molar refractivity (Wildman–Crippen MR) is 119 cm³/mol. The molecule has 0 radical (unpaired) electrons. The summed E-state index contributed by atoms with van der Waals surface area (Å²) in [5.41, 5.74) is 2.65. The number of sulfonamides is 1. The molecule has 168 valence electrons. The van der Waals surface area contributed by atoms with E-state index in [0.29, 0.717) is 37.4 Å². The number of nitrogens with one attached hydrogen (secondary N) is 2. The Bertz CT molecular complexity index is 1060. The van der Waals surface area contributed by atoms with Crippen LogP contribution in [0.25, 0.3) is 0 Å². The minimum Gasteiger partial charge on any atom is -0.308 e. The van der Waals surface area contributed by atoms with Gasteiger partial charge in [-0.25, -0.2) is 17.6 Å². The number of aromatic nitrogens is 1. The summed E-state index contributed by atoms with van der Waals surface area (Å²) < 4.78 is 40.2. The third-order valence-electron chi connectivity index (χ3n) is 5.14. The van der Waals surface area contributed by atoms with Gasteiger partial charge in [-0.3, -0.25) is 9.88 Å². The van der Waals surface area contributed by atoms with Crippen molar-refractivity contribution in [1.29, 1.82) is 0 Å². The molecule has 1 atom stereocenters. The summed E-state index contributed by atoms with van der Waals surface area (Å²) in [7, 11) is -3.26. The molecule has 10 heteroatoms. The fraction of sp³-hybridized carbons (Fsp3) is 0.429. The van der Waals surface area contributed by atoms with Gasteiger partial charge in [0.1, 0.15) is 0 Å². The standard InChI is InChI=1S/C21H28FN5O3S/c1-14-10-18(11-15(2)23-14)24-21(28)25-19-7-5-6-17(20(19)22)13-26-8-9-27(16(3)12-26)31(4,29)30/h5-7,10-11,16H,8-9,12-13H2,1-4H3,(H2,23,24,25,28)/t16-/m1/s1. The summed E-state index contributed by atoms with van der Waals surface area (Å²) in [5.74, 6) is -0.502. The molecule has 0 unspecified atom stereocenters. The molecule has 31 heavy (non-hydrogen) atoms. The van der Waals surface area contributed by atoms with Gasteiger partial charge in [-0.1, -0.05) is 12.1 Å². The normalized spacial score (nSPS) is 18.0. The number of nitrogens with zero attached hydrogens (tertiary/aromatic N) is 3. The molecule has 1 aromatic carbocycles. The summed E-state index contributed by atoms with van der Waals surface area (Å²) in [6, 6.07) is 7.59. The Hall–Kier alpha value is -2.56. The monoisotopic (exact) mass is 449 g/mol. The lowest BCUT2D eigenvalue weighted by Gasteiger charge is -2.38. The van der Waals surface area contributed by atoms with E-state index in [1.54, 1.807) is 24.3 Å². The number of halogens is 1. The minimum atomic E-state index is -3.26. The van der Waals surface area contributed by atoms with Crippen LogP contribution in [0.15, 0.2) is 30.3 Å². The van der Waals surface area contributed by atoms with E-state index < -0.39 is 21.9 Å². The Balaban J connectivity index is 1.65. The molecule has 1 aliphatic rings. The zero-order chi connectivity index (χ0) is 22.8. The number of aryl methyl sites for hydroxylation is 2. The topological polar surface area (TPSA) is 94.6 Å². The van der Waals surface area contributed by atoms with Gasteiger partial charge in [0.2, 0.25) is 10.0 Å². The lowest BCUT2D eigenvalue weighted by molar-refractivity contribution is 0.137. The number of urea groups is 1. The molecule has 1 aromatic heterocycles. The SMILES string of the molecule is Cc1cc(NC(=O)Nc2cccc(CN3CCN(S(C)(=O)=O)[C@H](C)C3)c2F)cc(C)n1. The highest BCUT2D eigenvalue weighted by atomic mass is 32.2. The Morgan fingerprint density at radius 1 is 1.19 bits per heavy atom. The molecule has 2 heterocycles. The summed E-state index contributed by atoms with van der Waals surface area (Å²) in [4.78, 5) is 18.6. The number of carbonyl (C=O) groups is 1. The summed E-state index contributed by atoms with van der Waals surface area (Å²) in [6.45, 7) is 7.21. The van der Waals surface area contributed by atoms with E-state index in [1.165, 1.54) is 16.6 Å². The molecule has 2 amide bonds. The molecule has 1 saturated heterocycles. The first-order valence-electron chi connectivity index (χ1n) is 10.0. The molecule has 2 N–H and O–H groups in total. The zero-order valence-corrected chi connectivity index (χ0v) is 19.0. The number of pyridine rings is 1. The van der Waals surface area contributed by atoms with Crippen LogP contribution < -0.4 is 10.6 Å². The Morgan fingerprint density at radius 2 is 1.87 bits per heavy atom. The lowest BCUT2D eigenvalue weighted by Crippen LogP contribution is -2.53. The second-order valence-corrected chi connectivity index (χ2v) is 9.89. The van der Waals surface area contributed by atoms with Gasteiger partial charge in [0.25, 0.3) is 0 Å². The number of benzene rings is 1. The number of carbonyl (C=O) groups excluding carboxylic acids is 1. The van der Waals surface area contributed by atoms with Crippen molar-refractivity contribution in [2.45, 2.75) is 33.4 Å². The highest BCUT2D eigenvalue weighted by molar-refractivity contribution is 7.88. The van der Waals surface area contributed by atoms with E-state index in [2.05, 4.69) is 15.6 Å². The maximum Gasteiger partial charge on any atom is 0.323 e. The van der Waals surface area contributed by atoms with Gasteiger partial charge in [0.15, 0.2) is 5.82 Å². The van der Waals surface area contributed by atoms with Crippen LogP contribution in [0.3, 0.4) is 0 Å². The molecule has 0 aliphatic carbocycles. The second-order valence-electron chi connectivity index (χ2n) is 7.95. The van der Waals surface area contributed by atoms with Gasteiger partial charge in [0, 0.05) is 54.9 Å². The van der Waals surface area contributed by atoms with Crippen LogP contribution in [0, 0.1) is 19.7 Å². The van der Waals surface area contributed by atoms with Crippen LogP contribution in [0.2, 0.25) is 0 Å².